The van der Waals surface area contributed by atoms with Crippen molar-refractivity contribution in [2.45, 2.75) is 45.2 Å². The SMILES string of the molecule is CCCCOc1cc2c(cc1OC)C1Cc3c([nH]c4ccc(OC)cc34)CN1CC2. The summed E-state index contributed by atoms with van der Waals surface area (Å²) in [6.45, 7) is 4.94. The van der Waals surface area contributed by atoms with E-state index in [2.05, 4.69) is 41.1 Å². The van der Waals surface area contributed by atoms with Gasteiger partial charge in [0.15, 0.2) is 11.5 Å². The monoisotopic (exact) mass is 406 g/mol. The molecule has 2 aromatic carbocycles. The van der Waals surface area contributed by atoms with E-state index >= 15 is 0 Å². The summed E-state index contributed by atoms with van der Waals surface area (Å²) in [5.41, 5.74) is 6.72. The Labute approximate surface area is 177 Å². The molecule has 0 saturated carbocycles. The maximum atomic E-state index is 6.04. The van der Waals surface area contributed by atoms with Crippen molar-refractivity contribution in [2.24, 2.45) is 0 Å². The molecule has 1 aromatic heterocycles. The fourth-order valence-electron chi connectivity index (χ4n) is 4.96. The molecule has 0 spiro atoms. The molecule has 0 amide bonds. The number of unbranched alkanes of at least 4 members (excludes halogenated alkanes) is 1. The van der Waals surface area contributed by atoms with Crippen molar-refractivity contribution in [3.8, 4) is 17.2 Å². The van der Waals surface area contributed by atoms with E-state index in [0.717, 1.165) is 62.6 Å². The molecular weight excluding hydrogens is 376 g/mol. The van der Waals surface area contributed by atoms with E-state index < -0.39 is 0 Å². The summed E-state index contributed by atoms with van der Waals surface area (Å²) in [6, 6.07) is 11.1. The van der Waals surface area contributed by atoms with Crippen LogP contribution in [0.3, 0.4) is 0 Å². The number of H-pyrrole nitrogens is 1. The summed E-state index contributed by atoms with van der Waals surface area (Å²) >= 11 is 0. The molecule has 30 heavy (non-hydrogen) atoms. The van der Waals surface area contributed by atoms with Crippen LogP contribution in [0.5, 0.6) is 17.2 Å². The van der Waals surface area contributed by atoms with Gasteiger partial charge in [0.25, 0.3) is 0 Å². The quantitative estimate of drug-likeness (QED) is 0.584. The van der Waals surface area contributed by atoms with E-state index in [0.29, 0.717) is 6.04 Å². The Balaban J connectivity index is 1.51. The first-order valence-corrected chi connectivity index (χ1v) is 11.0. The Bertz CT molecular complexity index is 1070. The number of rotatable bonds is 6. The molecule has 5 heteroatoms. The lowest BCUT2D eigenvalue weighted by molar-refractivity contribution is 0.159. The van der Waals surface area contributed by atoms with Gasteiger partial charge in [0.05, 0.1) is 20.8 Å². The summed E-state index contributed by atoms with van der Waals surface area (Å²) in [5.74, 6) is 2.64. The second-order valence-corrected chi connectivity index (χ2v) is 8.34. The van der Waals surface area contributed by atoms with Gasteiger partial charge in [0, 0.05) is 35.7 Å². The predicted molar refractivity (Wildman–Crippen MR) is 119 cm³/mol. The van der Waals surface area contributed by atoms with Crippen LogP contribution in [0.4, 0.5) is 0 Å². The van der Waals surface area contributed by atoms with Crippen molar-refractivity contribution in [3.05, 3.63) is 52.7 Å². The van der Waals surface area contributed by atoms with Gasteiger partial charge in [-0.1, -0.05) is 13.3 Å². The number of methoxy groups -OCH3 is 2. The first kappa shape index (κ1) is 19.3. The van der Waals surface area contributed by atoms with E-state index in [-0.39, 0.29) is 0 Å². The van der Waals surface area contributed by atoms with Gasteiger partial charge in [0.1, 0.15) is 5.75 Å². The number of ether oxygens (including phenoxy) is 3. The average Bonchev–Trinajstić information content (AvgIpc) is 3.13. The van der Waals surface area contributed by atoms with Gasteiger partial charge in [0.2, 0.25) is 0 Å². The lowest BCUT2D eigenvalue weighted by Crippen LogP contribution is -2.39. The number of nitrogens with one attached hydrogen (secondary N) is 1. The van der Waals surface area contributed by atoms with Gasteiger partial charge in [-0.3, -0.25) is 4.90 Å². The largest absolute Gasteiger partial charge is 0.497 e. The second kappa shape index (κ2) is 7.88. The van der Waals surface area contributed by atoms with Crippen LogP contribution in [0.15, 0.2) is 30.3 Å². The number of aromatic nitrogens is 1. The number of fused-ring (bicyclic) bond motifs is 6. The van der Waals surface area contributed by atoms with E-state index in [1.807, 2.05) is 6.07 Å². The molecule has 3 heterocycles. The minimum absolute atomic E-state index is 0.366. The molecule has 1 N–H and O–H groups in total. The lowest BCUT2D eigenvalue weighted by atomic mass is 9.85. The standard InChI is InChI=1S/C25H30N2O3/c1-4-5-10-30-25-11-16-8-9-27-15-22-20(13-23(27)18(16)14-24(25)29-3)19-12-17(28-2)6-7-21(19)26-22/h6-7,11-12,14,23,26H,4-5,8-10,13,15H2,1-3H3. The topological polar surface area (TPSA) is 46.7 Å². The van der Waals surface area contributed by atoms with Gasteiger partial charge in [-0.05, 0) is 66.3 Å². The molecule has 2 aliphatic rings. The Morgan fingerprint density at radius 1 is 1.10 bits per heavy atom. The molecule has 3 aromatic rings. The summed E-state index contributed by atoms with van der Waals surface area (Å²) < 4.78 is 17.2. The van der Waals surface area contributed by atoms with Crippen molar-refractivity contribution >= 4 is 10.9 Å². The Kier molecular flexibility index (Phi) is 5.07. The van der Waals surface area contributed by atoms with Gasteiger partial charge < -0.3 is 19.2 Å². The third kappa shape index (κ3) is 3.21. The molecule has 0 aliphatic carbocycles. The third-order valence-electron chi connectivity index (χ3n) is 6.61. The molecule has 2 aliphatic heterocycles. The van der Waals surface area contributed by atoms with E-state index in [1.54, 1.807) is 14.2 Å². The molecule has 5 nitrogen and oxygen atoms in total. The van der Waals surface area contributed by atoms with Crippen molar-refractivity contribution in [3.63, 3.8) is 0 Å². The number of benzene rings is 2. The highest BCUT2D eigenvalue weighted by Crippen LogP contribution is 2.44. The molecule has 5 rings (SSSR count). The number of hydrogen-bond donors (Lipinski definition) is 1. The molecule has 0 bridgehead atoms. The molecule has 158 valence electrons. The van der Waals surface area contributed by atoms with Crippen molar-refractivity contribution in [2.75, 3.05) is 27.4 Å². The fourth-order valence-corrected chi connectivity index (χ4v) is 4.96. The molecule has 1 unspecified atom stereocenters. The lowest BCUT2D eigenvalue weighted by Gasteiger charge is -2.40. The highest BCUT2D eigenvalue weighted by atomic mass is 16.5. The summed E-state index contributed by atoms with van der Waals surface area (Å²) in [7, 11) is 3.46. The maximum absolute atomic E-state index is 6.04. The number of aromatic amines is 1. The maximum Gasteiger partial charge on any atom is 0.161 e. The molecule has 1 atom stereocenters. The minimum Gasteiger partial charge on any atom is -0.497 e. The Hall–Kier alpha value is -2.66. The smallest absolute Gasteiger partial charge is 0.161 e. The predicted octanol–water partition coefficient (Wildman–Crippen LogP) is 5.02. The molecule has 0 fully saturated rings. The summed E-state index contributed by atoms with van der Waals surface area (Å²) in [6.07, 6.45) is 4.23. The van der Waals surface area contributed by atoms with Crippen LogP contribution in [0.2, 0.25) is 0 Å². The van der Waals surface area contributed by atoms with Crippen LogP contribution < -0.4 is 14.2 Å². The number of nitrogens with zero attached hydrogens (tertiary/aromatic N) is 1. The Morgan fingerprint density at radius 2 is 2.00 bits per heavy atom. The van der Waals surface area contributed by atoms with Crippen LogP contribution in [-0.4, -0.2) is 37.3 Å². The summed E-state index contributed by atoms with van der Waals surface area (Å²) in [5, 5.41) is 1.28. The van der Waals surface area contributed by atoms with Crippen LogP contribution in [0.25, 0.3) is 10.9 Å². The first-order chi connectivity index (χ1) is 14.7. The van der Waals surface area contributed by atoms with Crippen molar-refractivity contribution in [1.82, 2.24) is 9.88 Å². The van der Waals surface area contributed by atoms with Gasteiger partial charge in [-0.25, -0.2) is 0 Å². The van der Waals surface area contributed by atoms with E-state index in [4.69, 9.17) is 14.2 Å². The van der Waals surface area contributed by atoms with Crippen LogP contribution >= 0.6 is 0 Å². The normalized spacial score (nSPS) is 17.9. The molecule has 0 radical (unpaired) electrons. The summed E-state index contributed by atoms with van der Waals surface area (Å²) in [4.78, 5) is 6.23. The highest BCUT2D eigenvalue weighted by Gasteiger charge is 2.34. The van der Waals surface area contributed by atoms with Gasteiger partial charge >= 0.3 is 0 Å². The zero-order valence-electron chi connectivity index (χ0n) is 18.1. The fraction of sp³-hybridized carbons (Fsp3) is 0.440. The zero-order chi connectivity index (χ0) is 20.7. The molecular formula is C25H30N2O3. The third-order valence-corrected chi connectivity index (χ3v) is 6.61. The van der Waals surface area contributed by atoms with Gasteiger partial charge in [-0.15, -0.1) is 0 Å². The Morgan fingerprint density at radius 3 is 2.80 bits per heavy atom. The zero-order valence-corrected chi connectivity index (χ0v) is 18.1. The minimum atomic E-state index is 0.366. The first-order valence-electron chi connectivity index (χ1n) is 11.0. The van der Waals surface area contributed by atoms with Crippen molar-refractivity contribution in [1.29, 1.82) is 0 Å². The van der Waals surface area contributed by atoms with Crippen LogP contribution in [0.1, 0.15) is 48.2 Å². The van der Waals surface area contributed by atoms with Crippen LogP contribution in [0, 0.1) is 0 Å². The van der Waals surface area contributed by atoms with Crippen LogP contribution in [-0.2, 0) is 19.4 Å². The molecule has 0 saturated heterocycles. The van der Waals surface area contributed by atoms with Gasteiger partial charge in [-0.2, -0.15) is 0 Å². The highest BCUT2D eigenvalue weighted by molar-refractivity contribution is 5.86. The average molecular weight is 407 g/mol. The van der Waals surface area contributed by atoms with E-state index in [1.165, 1.54) is 33.3 Å². The number of hydrogen-bond acceptors (Lipinski definition) is 4. The van der Waals surface area contributed by atoms with E-state index in [9.17, 15) is 0 Å². The van der Waals surface area contributed by atoms with Crippen molar-refractivity contribution < 1.29 is 14.2 Å². The second-order valence-electron chi connectivity index (χ2n) is 8.34.